The van der Waals surface area contributed by atoms with Crippen LogP contribution in [0.1, 0.15) is 33.0 Å². The van der Waals surface area contributed by atoms with Gasteiger partial charge in [0.05, 0.1) is 22.3 Å². The van der Waals surface area contributed by atoms with Gasteiger partial charge >= 0.3 is 0 Å². The Labute approximate surface area is 138 Å². The standard InChI is InChI=1S/C17H19N5O2/c1-7-5-6-11(23)8(2)14(7)22-15(18)13(16(19)24)12-9(3)20-10(4)21-17(12)22/h5-6,23H,18H2,1-4H3,(H2,19,24). The number of rotatable bonds is 2. The molecule has 0 aliphatic carbocycles. The minimum absolute atomic E-state index is 0.139. The molecule has 0 saturated carbocycles. The van der Waals surface area contributed by atoms with Gasteiger partial charge < -0.3 is 16.6 Å². The number of nitrogen functional groups attached to an aromatic ring is 1. The van der Waals surface area contributed by atoms with E-state index in [1.54, 1.807) is 37.5 Å². The Bertz CT molecular complexity index is 1000. The lowest BCUT2D eigenvalue weighted by molar-refractivity contribution is 0.100. The van der Waals surface area contributed by atoms with Crippen LogP contribution in [0.5, 0.6) is 5.75 Å². The van der Waals surface area contributed by atoms with Crippen LogP contribution in [0.3, 0.4) is 0 Å². The summed E-state index contributed by atoms with van der Waals surface area (Å²) in [5.74, 6) is 0.254. The molecule has 0 saturated heterocycles. The molecule has 0 unspecified atom stereocenters. The number of primary amides is 1. The third-order valence-electron chi connectivity index (χ3n) is 4.22. The van der Waals surface area contributed by atoms with E-state index in [1.807, 2.05) is 6.92 Å². The van der Waals surface area contributed by atoms with Crippen molar-refractivity contribution >= 4 is 22.8 Å². The third-order valence-corrected chi connectivity index (χ3v) is 4.22. The van der Waals surface area contributed by atoms with E-state index in [-0.39, 0.29) is 17.1 Å². The Hall–Kier alpha value is -3.09. The van der Waals surface area contributed by atoms with Crippen LogP contribution in [0, 0.1) is 27.7 Å². The first-order valence-corrected chi connectivity index (χ1v) is 7.48. The maximum absolute atomic E-state index is 12.0. The van der Waals surface area contributed by atoms with E-state index in [2.05, 4.69) is 9.97 Å². The lowest BCUT2D eigenvalue weighted by Gasteiger charge is -2.15. The maximum atomic E-state index is 12.0. The molecule has 7 heteroatoms. The topological polar surface area (TPSA) is 120 Å². The van der Waals surface area contributed by atoms with Gasteiger partial charge in [0.2, 0.25) is 0 Å². The van der Waals surface area contributed by atoms with Gasteiger partial charge in [0.25, 0.3) is 5.91 Å². The van der Waals surface area contributed by atoms with Crippen LogP contribution in [0.2, 0.25) is 0 Å². The molecule has 24 heavy (non-hydrogen) atoms. The van der Waals surface area contributed by atoms with Gasteiger partial charge in [-0.2, -0.15) is 0 Å². The maximum Gasteiger partial charge on any atom is 0.253 e. The fourth-order valence-corrected chi connectivity index (χ4v) is 3.15. The number of nitrogens with zero attached hydrogens (tertiary/aromatic N) is 3. The molecule has 0 aliphatic heterocycles. The summed E-state index contributed by atoms with van der Waals surface area (Å²) in [6.07, 6.45) is 0. The summed E-state index contributed by atoms with van der Waals surface area (Å²) in [5, 5.41) is 10.6. The Morgan fingerprint density at radius 2 is 1.83 bits per heavy atom. The molecule has 0 fully saturated rings. The van der Waals surface area contributed by atoms with Crippen molar-refractivity contribution in [3.8, 4) is 11.4 Å². The minimum Gasteiger partial charge on any atom is -0.508 e. The molecular weight excluding hydrogens is 306 g/mol. The molecule has 7 nitrogen and oxygen atoms in total. The molecule has 3 rings (SSSR count). The molecule has 1 amide bonds. The zero-order chi connectivity index (χ0) is 17.8. The third kappa shape index (κ3) is 2.09. The molecule has 0 bridgehead atoms. The molecule has 1 aromatic carbocycles. The van der Waals surface area contributed by atoms with Crippen molar-refractivity contribution < 1.29 is 9.90 Å². The van der Waals surface area contributed by atoms with Gasteiger partial charge in [-0.05, 0) is 39.3 Å². The molecule has 3 aromatic rings. The number of fused-ring (bicyclic) bond motifs is 1. The second-order valence-electron chi connectivity index (χ2n) is 5.89. The number of carbonyl (C=O) groups is 1. The fourth-order valence-electron chi connectivity index (χ4n) is 3.15. The number of nitrogens with two attached hydrogens (primary N) is 2. The lowest BCUT2D eigenvalue weighted by atomic mass is 10.1. The first-order valence-electron chi connectivity index (χ1n) is 7.48. The SMILES string of the molecule is Cc1nc(C)c2c(C(N)=O)c(N)n(-c3c(C)ccc(O)c3C)c2n1. The molecule has 0 atom stereocenters. The Kier molecular flexibility index (Phi) is 3.44. The summed E-state index contributed by atoms with van der Waals surface area (Å²) in [6.45, 7) is 7.24. The quantitative estimate of drug-likeness (QED) is 0.666. The van der Waals surface area contributed by atoms with Crippen molar-refractivity contribution in [3.63, 3.8) is 0 Å². The van der Waals surface area contributed by atoms with Crippen molar-refractivity contribution in [2.45, 2.75) is 27.7 Å². The smallest absolute Gasteiger partial charge is 0.253 e. The van der Waals surface area contributed by atoms with Crippen LogP contribution in [-0.2, 0) is 0 Å². The number of anilines is 1. The van der Waals surface area contributed by atoms with E-state index in [0.717, 1.165) is 5.56 Å². The first kappa shape index (κ1) is 15.8. The van der Waals surface area contributed by atoms with Crippen molar-refractivity contribution in [3.05, 3.63) is 40.3 Å². The van der Waals surface area contributed by atoms with Crippen LogP contribution in [-0.4, -0.2) is 25.5 Å². The molecule has 2 heterocycles. The van der Waals surface area contributed by atoms with Crippen LogP contribution >= 0.6 is 0 Å². The summed E-state index contributed by atoms with van der Waals surface area (Å²) in [6, 6.07) is 3.41. The molecule has 124 valence electrons. The molecule has 2 aromatic heterocycles. The predicted molar refractivity (Wildman–Crippen MR) is 92.4 cm³/mol. The van der Waals surface area contributed by atoms with Gasteiger partial charge in [0.15, 0.2) is 5.65 Å². The van der Waals surface area contributed by atoms with Gasteiger partial charge in [0.1, 0.15) is 17.4 Å². The van der Waals surface area contributed by atoms with Gasteiger partial charge in [-0.1, -0.05) is 6.07 Å². The highest BCUT2D eigenvalue weighted by Crippen LogP contribution is 2.36. The van der Waals surface area contributed by atoms with Gasteiger partial charge in [-0.25, -0.2) is 9.97 Å². The summed E-state index contributed by atoms with van der Waals surface area (Å²) >= 11 is 0. The van der Waals surface area contributed by atoms with Crippen LogP contribution in [0.15, 0.2) is 12.1 Å². The van der Waals surface area contributed by atoms with E-state index in [1.165, 1.54) is 0 Å². The second-order valence-corrected chi connectivity index (χ2v) is 5.89. The van der Waals surface area contributed by atoms with Crippen molar-refractivity contribution in [1.82, 2.24) is 14.5 Å². The van der Waals surface area contributed by atoms with E-state index in [9.17, 15) is 9.90 Å². The highest BCUT2D eigenvalue weighted by atomic mass is 16.3. The normalized spacial score (nSPS) is 11.2. The zero-order valence-electron chi connectivity index (χ0n) is 14.0. The highest BCUT2D eigenvalue weighted by Gasteiger charge is 2.25. The molecule has 0 aliphatic rings. The molecule has 5 N–H and O–H groups in total. The Balaban J connectivity index is 2.58. The summed E-state index contributed by atoms with van der Waals surface area (Å²) in [5.41, 5.74) is 15.4. The van der Waals surface area contributed by atoms with Gasteiger partial charge in [-0.3, -0.25) is 9.36 Å². The monoisotopic (exact) mass is 325 g/mol. The first-order chi connectivity index (χ1) is 11.2. The Morgan fingerprint density at radius 1 is 1.17 bits per heavy atom. The second kappa shape index (κ2) is 5.23. The summed E-state index contributed by atoms with van der Waals surface area (Å²) in [4.78, 5) is 20.8. The van der Waals surface area contributed by atoms with E-state index in [0.29, 0.717) is 33.8 Å². The van der Waals surface area contributed by atoms with E-state index in [4.69, 9.17) is 11.5 Å². The highest BCUT2D eigenvalue weighted by molar-refractivity contribution is 6.11. The number of aryl methyl sites for hydroxylation is 3. The molecular formula is C17H19N5O2. The van der Waals surface area contributed by atoms with Crippen LogP contribution < -0.4 is 11.5 Å². The number of hydrogen-bond donors (Lipinski definition) is 3. The largest absolute Gasteiger partial charge is 0.508 e. The van der Waals surface area contributed by atoms with Crippen molar-refractivity contribution in [2.24, 2.45) is 5.73 Å². The summed E-state index contributed by atoms with van der Waals surface area (Å²) < 4.78 is 1.67. The van der Waals surface area contributed by atoms with Gasteiger partial charge in [0, 0.05) is 5.56 Å². The fraction of sp³-hybridized carbons (Fsp3) is 0.235. The van der Waals surface area contributed by atoms with Crippen molar-refractivity contribution in [2.75, 3.05) is 5.73 Å². The number of phenolic OH excluding ortho intramolecular Hbond substituents is 1. The van der Waals surface area contributed by atoms with Crippen LogP contribution in [0.4, 0.5) is 5.82 Å². The lowest BCUT2D eigenvalue weighted by Crippen LogP contribution is -2.14. The number of carbonyl (C=O) groups excluding carboxylic acids is 1. The van der Waals surface area contributed by atoms with Crippen molar-refractivity contribution in [1.29, 1.82) is 0 Å². The number of benzene rings is 1. The predicted octanol–water partition coefficient (Wildman–Crippen LogP) is 2.04. The Morgan fingerprint density at radius 3 is 2.46 bits per heavy atom. The number of aromatic hydroxyl groups is 1. The molecule has 0 spiro atoms. The number of phenols is 1. The van der Waals surface area contributed by atoms with Gasteiger partial charge in [-0.15, -0.1) is 0 Å². The summed E-state index contributed by atoms with van der Waals surface area (Å²) in [7, 11) is 0. The minimum atomic E-state index is -0.637. The average molecular weight is 325 g/mol. The van der Waals surface area contributed by atoms with Crippen LogP contribution in [0.25, 0.3) is 16.7 Å². The number of amides is 1. The zero-order valence-corrected chi connectivity index (χ0v) is 14.0. The number of hydrogen-bond acceptors (Lipinski definition) is 5. The number of aromatic nitrogens is 3. The van der Waals surface area contributed by atoms with E-state index >= 15 is 0 Å². The van der Waals surface area contributed by atoms with E-state index < -0.39 is 5.91 Å². The average Bonchev–Trinajstić information content (AvgIpc) is 2.77. The molecule has 0 radical (unpaired) electrons.